The first-order chi connectivity index (χ1) is 7.79. The smallest absolute Gasteiger partial charge is 0.133 e. The van der Waals surface area contributed by atoms with E-state index in [1.165, 1.54) is 0 Å². The molecule has 0 saturated heterocycles. The minimum absolute atomic E-state index is 0.643. The highest BCUT2D eigenvalue weighted by Crippen LogP contribution is 2.18. The van der Waals surface area contributed by atoms with Crippen LogP contribution in [0.5, 0.6) is 0 Å². The normalized spacial score (nSPS) is 11.1. The SMILES string of the molecule is C=C(/C=C\c1ccc2occc2c1)OCC. The van der Waals surface area contributed by atoms with E-state index in [1.807, 2.05) is 37.3 Å². The third kappa shape index (κ3) is 2.34. The maximum absolute atomic E-state index is 5.27. The molecule has 0 N–H and O–H groups in total. The van der Waals surface area contributed by atoms with Crippen molar-refractivity contribution < 1.29 is 9.15 Å². The van der Waals surface area contributed by atoms with E-state index < -0.39 is 0 Å². The molecule has 0 spiro atoms. The number of rotatable bonds is 4. The van der Waals surface area contributed by atoms with Crippen molar-refractivity contribution in [3.8, 4) is 0 Å². The molecule has 0 unspecified atom stereocenters. The van der Waals surface area contributed by atoms with Crippen LogP contribution in [0.15, 0.2) is 53.4 Å². The van der Waals surface area contributed by atoms with Gasteiger partial charge in [-0.15, -0.1) is 0 Å². The van der Waals surface area contributed by atoms with Gasteiger partial charge in [-0.25, -0.2) is 0 Å². The van der Waals surface area contributed by atoms with Crippen LogP contribution < -0.4 is 0 Å². The second kappa shape index (κ2) is 4.71. The van der Waals surface area contributed by atoms with Crippen LogP contribution in [0.4, 0.5) is 0 Å². The van der Waals surface area contributed by atoms with E-state index in [1.54, 1.807) is 6.26 Å². The fourth-order valence-corrected chi connectivity index (χ4v) is 1.51. The molecule has 0 radical (unpaired) electrons. The monoisotopic (exact) mass is 214 g/mol. The molecule has 82 valence electrons. The minimum Gasteiger partial charge on any atom is -0.495 e. The summed E-state index contributed by atoms with van der Waals surface area (Å²) in [7, 11) is 0. The molecule has 16 heavy (non-hydrogen) atoms. The summed E-state index contributed by atoms with van der Waals surface area (Å²) in [5.74, 6) is 0.676. The van der Waals surface area contributed by atoms with Gasteiger partial charge in [-0.3, -0.25) is 0 Å². The highest BCUT2D eigenvalue weighted by Gasteiger charge is 1.96. The molecule has 0 fully saturated rings. The Kier molecular flexibility index (Phi) is 3.10. The Balaban J connectivity index is 2.17. The maximum atomic E-state index is 5.27. The third-order valence-corrected chi connectivity index (χ3v) is 2.27. The van der Waals surface area contributed by atoms with Gasteiger partial charge in [0.2, 0.25) is 0 Å². The average Bonchev–Trinajstić information content (AvgIpc) is 2.74. The van der Waals surface area contributed by atoms with Gasteiger partial charge in [0.1, 0.15) is 11.3 Å². The number of ether oxygens (including phenoxy) is 1. The van der Waals surface area contributed by atoms with Crippen LogP contribution in [0.25, 0.3) is 17.0 Å². The summed E-state index contributed by atoms with van der Waals surface area (Å²) in [6, 6.07) is 7.97. The Bertz CT molecular complexity index is 520. The Morgan fingerprint density at radius 3 is 3.12 bits per heavy atom. The first kappa shape index (κ1) is 10.6. The van der Waals surface area contributed by atoms with Crippen molar-refractivity contribution in [3.63, 3.8) is 0 Å². The van der Waals surface area contributed by atoms with Crippen LogP contribution in [0.2, 0.25) is 0 Å². The van der Waals surface area contributed by atoms with Crippen molar-refractivity contribution in [2.45, 2.75) is 6.92 Å². The Hall–Kier alpha value is -1.96. The quantitative estimate of drug-likeness (QED) is 0.567. The molecule has 1 heterocycles. The van der Waals surface area contributed by atoms with Gasteiger partial charge in [0, 0.05) is 5.39 Å². The molecule has 0 bridgehead atoms. The molecule has 2 aromatic rings. The second-order valence-corrected chi connectivity index (χ2v) is 3.45. The summed E-state index contributed by atoms with van der Waals surface area (Å²) in [5.41, 5.74) is 2.01. The molecular formula is C14H14O2. The van der Waals surface area contributed by atoms with Gasteiger partial charge >= 0.3 is 0 Å². The van der Waals surface area contributed by atoms with E-state index in [0.29, 0.717) is 12.4 Å². The van der Waals surface area contributed by atoms with E-state index in [9.17, 15) is 0 Å². The number of allylic oxidation sites excluding steroid dienone is 1. The maximum Gasteiger partial charge on any atom is 0.133 e. The predicted molar refractivity (Wildman–Crippen MR) is 66.0 cm³/mol. The van der Waals surface area contributed by atoms with Crippen molar-refractivity contribution in [2.24, 2.45) is 0 Å². The van der Waals surface area contributed by atoms with E-state index in [0.717, 1.165) is 16.5 Å². The number of hydrogen-bond acceptors (Lipinski definition) is 2. The molecule has 0 aliphatic carbocycles. The first-order valence-electron chi connectivity index (χ1n) is 5.26. The minimum atomic E-state index is 0.643. The Morgan fingerprint density at radius 1 is 1.44 bits per heavy atom. The van der Waals surface area contributed by atoms with Gasteiger partial charge in [-0.2, -0.15) is 0 Å². The van der Waals surface area contributed by atoms with Crippen molar-refractivity contribution in [1.82, 2.24) is 0 Å². The highest BCUT2D eigenvalue weighted by molar-refractivity contribution is 5.80. The van der Waals surface area contributed by atoms with Crippen LogP contribution in [-0.4, -0.2) is 6.61 Å². The lowest BCUT2D eigenvalue weighted by atomic mass is 10.1. The Morgan fingerprint density at radius 2 is 2.31 bits per heavy atom. The predicted octanol–water partition coefficient (Wildman–Crippen LogP) is 4.00. The number of furan rings is 1. The van der Waals surface area contributed by atoms with Crippen molar-refractivity contribution in [2.75, 3.05) is 6.61 Å². The summed E-state index contributed by atoms with van der Waals surface area (Å²) in [5, 5.41) is 1.10. The second-order valence-electron chi connectivity index (χ2n) is 3.45. The molecular weight excluding hydrogens is 200 g/mol. The largest absolute Gasteiger partial charge is 0.495 e. The zero-order chi connectivity index (χ0) is 11.4. The standard InChI is InChI=1S/C14H14O2/c1-3-15-11(2)4-5-12-6-7-14-13(10-12)8-9-16-14/h4-10H,2-3H2,1H3/b5-4-. The topological polar surface area (TPSA) is 22.4 Å². The lowest BCUT2D eigenvalue weighted by Crippen LogP contribution is -1.84. The van der Waals surface area contributed by atoms with E-state index in [-0.39, 0.29) is 0 Å². The van der Waals surface area contributed by atoms with Crippen LogP contribution in [0.1, 0.15) is 12.5 Å². The van der Waals surface area contributed by atoms with Crippen molar-refractivity contribution >= 4 is 17.0 Å². The van der Waals surface area contributed by atoms with Gasteiger partial charge in [0.05, 0.1) is 12.9 Å². The molecule has 1 aromatic carbocycles. The number of fused-ring (bicyclic) bond motifs is 1. The summed E-state index contributed by atoms with van der Waals surface area (Å²) in [4.78, 5) is 0. The first-order valence-corrected chi connectivity index (χ1v) is 5.26. The number of benzene rings is 1. The molecule has 2 rings (SSSR count). The van der Waals surface area contributed by atoms with E-state index >= 15 is 0 Å². The zero-order valence-corrected chi connectivity index (χ0v) is 9.27. The summed E-state index contributed by atoms with van der Waals surface area (Å²) < 4.78 is 10.5. The molecule has 0 saturated carbocycles. The highest BCUT2D eigenvalue weighted by atomic mass is 16.5. The van der Waals surface area contributed by atoms with Crippen molar-refractivity contribution in [1.29, 1.82) is 0 Å². The lowest BCUT2D eigenvalue weighted by molar-refractivity contribution is 0.244. The third-order valence-electron chi connectivity index (χ3n) is 2.27. The summed E-state index contributed by atoms with van der Waals surface area (Å²) in [6.07, 6.45) is 5.53. The zero-order valence-electron chi connectivity index (χ0n) is 9.27. The van der Waals surface area contributed by atoms with Crippen LogP contribution in [0, 0.1) is 0 Å². The molecule has 1 aromatic heterocycles. The average molecular weight is 214 g/mol. The molecule has 2 nitrogen and oxygen atoms in total. The van der Waals surface area contributed by atoms with Crippen LogP contribution >= 0.6 is 0 Å². The van der Waals surface area contributed by atoms with Gasteiger partial charge in [-0.1, -0.05) is 18.7 Å². The number of hydrogen-bond donors (Lipinski definition) is 0. The molecule has 0 aliphatic heterocycles. The molecule has 2 heteroatoms. The molecule has 0 atom stereocenters. The molecule has 0 aliphatic rings. The summed E-state index contributed by atoms with van der Waals surface area (Å²) in [6.45, 7) is 6.37. The fraction of sp³-hybridized carbons (Fsp3) is 0.143. The lowest BCUT2D eigenvalue weighted by Gasteiger charge is -2.00. The van der Waals surface area contributed by atoms with Gasteiger partial charge in [0.25, 0.3) is 0 Å². The van der Waals surface area contributed by atoms with Gasteiger partial charge < -0.3 is 9.15 Å². The van der Waals surface area contributed by atoms with E-state index in [4.69, 9.17) is 9.15 Å². The van der Waals surface area contributed by atoms with Crippen LogP contribution in [0.3, 0.4) is 0 Å². The Labute approximate surface area is 94.8 Å². The molecule has 0 amide bonds. The van der Waals surface area contributed by atoms with Crippen molar-refractivity contribution in [3.05, 3.63) is 54.5 Å². The van der Waals surface area contributed by atoms with Gasteiger partial charge in [-0.05, 0) is 36.8 Å². The fourth-order valence-electron chi connectivity index (χ4n) is 1.51. The van der Waals surface area contributed by atoms with E-state index in [2.05, 4.69) is 12.6 Å². The van der Waals surface area contributed by atoms with Gasteiger partial charge in [0.15, 0.2) is 0 Å². The summed E-state index contributed by atoms with van der Waals surface area (Å²) >= 11 is 0. The van der Waals surface area contributed by atoms with Crippen LogP contribution in [-0.2, 0) is 4.74 Å².